The predicted octanol–water partition coefficient (Wildman–Crippen LogP) is 2.77. The van der Waals surface area contributed by atoms with E-state index in [1.54, 1.807) is 0 Å². The first-order valence-corrected chi connectivity index (χ1v) is 6.85. The van der Waals surface area contributed by atoms with Crippen LogP contribution in [0.1, 0.15) is 17.3 Å². The van der Waals surface area contributed by atoms with Gasteiger partial charge in [0.15, 0.2) is 13.2 Å². The number of ether oxygens (including phenoxy) is 2. The molecule has 0 saturated carbocycles. The van der Waals surface area contributed by atoms with Gasteiger partial charge < -0.3 is 19.9 Å². The molecule has 0 aliphatic heterocycles. The first-order valence-electron chi connectivity index (χ1n) is 6.85. The lowest BCUT2D eigenvalue weighted by molar-refractivity contribution is -0.154. The van der Waals surface area contributed by atoms with Crippen molar-refractivity contribution in [3.63, 3.8) is 0 Å². The van der Waals surface area contributed by atoms with Gasteiger partial charge in [-0.2, -0.15) is 26.3 Å². The SMILES string of the molecule is C[C@@H](NC(=O)c1cc(OCC(F)(F)F)cc(OCC(F)(F)F)c1)C(=O)O. The third kappa shape index (κ3) is 7.94. The monoisotopic (exact) mass is 389 g/mol. The van der Waals surface area contributed by atoms with E-state index in [0.717, 1.165) is 25.1 Å². The Morgan fingerprint density at radius 2 is 1.42 bits per heavy atom. The summed E-state index contributed by atoms with van der Waals surface area (Å²) in [5.41, 5.74) is -0.435. The Bertz CT molecular complexity index is 622. The van der Waals surface area contributed by atoms with Crippen LogP contribution in [0.2, 0.25) is 0 Å². The molecule has 12 heteroatoms. The average molecular weight is 389 g/mol. The maximum atomic E-state index is 12.2. The second-order valence-electron chi connectivity index (χ2n) is 5.03. The van der Waals surface area contributed by atoms with Crippen LogP contribution in [0.25, 0.3) is 0 Å². The van der Waals surface area contributed by atoms with Gasteiger partial charge in [-0.3, -0.25) is 9.59 Å². The molecule has 0 bridgehead atoms. The number of nitrogens with one attached hydrogen (secondary N) is 1. The summed E-state index contributed by atoms with van der Waals surface area (Å²) in [6.07, 6.45) is -9.44. The van der Waals surface area contributed by atoms with E-state index in [1.807, 2.05) is 5.32 Å². The fourth-order valence-corrected chi connectivity index (χ4v) is 1.54. The lowest BCUT2D eigenvalue weighted by Gasteiger charge is -2.15. The molecular weight excluding hydrogens is 376 g/mol. The summed E-state index contributed by atoms with van der Waals surface area (Å²) < 4.78 is 82.1. The van der Waals surface area contributed by atoms with Gasteiger partial charge in [-0.1, -0.05) is 0 Å². The maximum Gasteiger partial charge on any atom is 0.422 e. The van der Waals surface area contributed by atoms with Crippen molar-refractivity contribution in [1.29, 1.82) is 0 Å². The molecule has 1 atom stereocenters. The summed E-state index contributed by atoms with van der Waals surface area (Å²) in [6.45, 7) is -2.38. The van der Waals surface area contributed by atoms with Crippen LogP contribution in [0, 0.1) is 0 Å². The molecule has 146 valence electrons. The highest BCUT2D eigenvalue weighted by atomic mass is 19.4. The average Bonchev–Trinajstić information content (AvgIpc) is 2.49. The van der Waals surface area contributed by atoms with Crippen molar-refractivity contribution in [2.45, 2.75) is 25.3 Å². The normalized spacial score (nSPS) is 13.0. The minimum Gasteiger partial charge on any atom is -0.484 e. The summed E-state index contributed by atoms with van der Waals surface area (Å²) in [5.74, 6) is -3.59. The van der Waals surface area contributed by atoms with E-state index in [0.29, 0.717) is 0 Å². The number of hydrogen-bond donors (Lipinski definition) is 2. The lowest BCUT2D eigenvalue weighted by atomic mass is 10.1. The van der Waals surface area contributed by atoms with Crippen molar-refractivity contribution in [2.75, 3.05) is 13.2 Å². The fraction of sp³-hybridized carbons (Fsp3) is 0.429. The molecule has 6 nitrogen and oxygen atoms in total. The smallest absolute Gasteiger partial charge is 0.422 e. The highest BCUT2D eigenvalue weighted by molar-refractivity contribution is 5.97. The van der Waals surface area contributed by atoms with Gasteiger partial charge in [0.1, 0.15) is 17.5 Å². The number of rotatable bonds is 7. The highest BCUT2D eigenvalue weighted by Crippen LogP contribution is 2.27. The topological polar surface area (TPSA) is 84.9 Å². The minimum atomic E-state index is -4.72. The standard InChI is InChI=1S/C14H13F6NO5/c1-7(12(23)24)21-11(22)8-2-9(25-5-13(15,16)17)4-10(3-8)26-6-14(18,19)20/h2-4,7H,5-6H2,1H3,(H,21,22)(H,23,24)/t7-/m1/s1. The number of halogens is 6. The summed E-state index contributed by atoms with van der Waals surface area (Å²) in [7, 11) is 0. The quantitative estimate of drug-likeness (QED) is 0.701. The summed E-state index contributed by atoms with van der Waals surface area (Å²) >= 11 is 0. The second-order valence-corrected chi connectivity index (χ2v) is 5.03. The minimum absolute atomic E-state index is 0.435. The molecule has 0 radical (unpaired) electrons. The maximum absolute atomic E-state index is 12.2. The van der Waals surface area contributed by atoms with Gasteiger partial charge in [-0.05, 0) is 19.1 Å². The first-order chi connectivity index (χ1) is 11.8. The number of aliphatic carboxylic acids is 1. The Kier molecular flexibility index (Phi) is 6.70. The zero-order chi connectivity index (χ0) is 20.1. The number of hydrogen-bond acceptors (Lipinski definition) is 4. The Morgan fingerprint density at radius 1 is 1.00 bits per heavy atom. The third-order valence-electron chi connectivity index (χ3n) is 2.67. The molecule has 26 heavy (non-hydrogen) atoms. The van der Waals surface area contributed by atoms with Crippen LogP contribution in [-0.4, -0.2) is 48.6 Å². The molecule has 0 aromatic heterocycles. The van der Waals surface area contributed by atoms with E-state index in [2.05, 4.69) is 9.47 Å². The lowest BCUT2D eigenvalue weighted by Crippen LogP contribution is -2.38. The van der Waals surface area contributed by atoms with Crippen molar-refractivity contribution in [3.05, 3.63) is 23.8 Å². The molecular formula is C14H13F6NO5. The van der Waals surface area contributed by atoms with Crippen LogP contribution in [0.5, 0.6) is 11.5 Å². The van der Waals surface area contributed by atoms with Crippen molar-refractivity contribution in [3.8, 4) is 11.5 Å². The molecule has 0 unspecified atom stereocenters. The van der Waals surface area contributed by atoms with Gasteiger partial charge >= 0.3 is 18.3 Å². The van der Waals surface area contributed by atoms with Crippen LogP contribution in [0.3, 0.4) is 0 Å². The number of carboxylic acid groups (broad SMARTS) is 1. The number of amides is 1. The fourth-order valence-electron chi connectivity index (χ4n) is 1.54. The van der Waals surface area contributed by atoms with Crippen molar-refractivity contribution >= 4 is 11.9 Å². The van der Waals surface area contributed by atoms with Gasteiger partial charge in [0.2, 0.25) is 0 Å². The van der Waals surface area contributed by atoms with Crippen LogP contribution >= 0.6 is 0 Å². The molecule has 0 heterocycles. The number of benzene rings is 1. The Labute approximate surface area is 142 Å². The third-order valence-corrected chi connectivity index (χ3v) is 2.67. The molecule has 1 aromatic rings. The highest BCUT2D eigenvalue weighted by Gasteiger charge is 2.30. The number of carboxylic acids is 1. The van der Waals surface area contributed by atoms with E-state index >= 15 is 0 Å². The van der Waals surface area contributed by atoms with Crippen LogP contribution in [-0.2, 0) is 4.79 Å². The number of carbonyl (C=O) groups is 2. The second kappa shape index (κ2) is 8.15. The molecule has 0 fully saturated rings. The van der Waals surface area contributed by atoms with Crippen molar-refractivity contribution in [1.82, 2.24) is 5.32 Å². The van der Waals surface area contributed by atoms with Gasteiger partial charge in [-0.25, -0.2) is 0 Å². The zero-order valence-corrected chi connectivity index (χ0v) is 13.1. The predicted molar refractivity (Wildman–Crippen MR) is 74.1 cm³/mol. The molecule has 1 amide bonds. The Balaban J connectivity index is 3.06. The number of carbonyl (C=O) groups excluding carboxylic acids is 1. The molecule has 1 rings (SSSR count). The zero-order valence-electron chi connectivity index (χ0n) is 13.1. The summed E-state index contributed by atoms with van der Waals surface area (Å²) in [5, 5.41) is 10.7. The molecule has 2 N–H and O–H groups in total. The van der Waals surface area contributed by atoms with Gasteiger partial charge in [0.05, 0.1) is 0 Å². The van der Waals surface area contributed by atoms with Crippen molar-refractivity contribution in [2.24, 2.45) is 0 Å². The van der Waals surface area contributed by atoms with E-state index in [4.69, 9.17) is 5.11 Å². The first kappa shape index (κ1) is 21.4. The molecule has 0 aliphatic carbocycles. The Morgan fingerprint density at radius 3 is 1.77 bits per heavy atom. The van der Waals surface area contributed by atoms with Gasteiger partial charge in [0.25, 0.3) is 5.91 Å². The van der Waals surface area contributed by atoms with Crippen LogP contribution in [0.15, 0.2) is 18.2 Å². The molecule has 0 spiro atoms. The van der Waals surface area contributed by atoms with Crippen LogP contribution < -0.4 is 14.8 Å². The summed E-state index contributed by atoms with van der Waals surface area (Å²) in [6, 6.07) is 1.03. The van der Waals surface area contributed by atoms with Crippen LogP contribution in [0.4, 0.5) is 26.3 Å². The summed E-state index contributed by atoms with van der Waals surface area (Å²) in [4.78, 5) is 22.6. The molecule has 0 aliphatic rings. The van der Waals surface area contributed by atoms with E-state index in [9.17, 15) is 35.9 Å². The van der Waals surface area contributed by atoms with Gasteiger partial charge in [0, 0.05) is 11.6 Å². The Hall–Kier alpha value is -2.66. The molecule has 1 aromatic carbocycles. The van der Waals surface area contributed by atoms with E-state index in [-0.39, 0.29) is 0 Å². The number of alkyl halides is 6. The van der Waals surface area contributed by atoms with E-state index in [1.165, 1.54) is 0 Å². The molecule has 0 saturated heterocycles. The van der Waals surface area contributed by atoms with Crippen molar-refractivity contribution < 1.29 is 50.5 Å². The van der Waals surface area contributed by atoms with Gasteiger partial charge in [-0.15, -0.1) is 0 Å². The largest absolute Gasteiger partial charge is 0.484 e. The van der Waals surface area contributed by atoms with E-state index < -0.39 is 60.5 Å².